The number of hydrogen-bond donors (Lipinski definition) is 0. The molecule has 0 radical (unpaired) electrons. The van der Waals surface area contributed by atoms with E-state index in [9.17, 15) is 23.2 Å². The van der Waals surface area contributed by atoms with Crippen LogP contribution in [0.1, 0.15) is 43.9 Å². The molecule has 1 atom stereocenters. The van der Waals surface area contributed by atoms with Gasteiger partial charge in [0.05, 0.1) is 35.4 Å². The van der Waals surface area contributed by atoms with E-state index in [0.29, 0.717) is 49.1 Å². The Morgan fingerprint density at radius 3 is 2.67 bits per heavy atom. The zero-order chi connectivity index (χ0) is 34.0. The minimum absolute atomic E-state index is 0.0106. The van der Waals surface area contributed by atoms with Crippen LogP contribution >= 0.6 is 11.6 Å². The second-order valence-corrected chi connectivity index (χ2v) is 12.7. The smallest absolute Gasteiger partial charge is 0.403 e. The number of hydrogen-bond acceptors (Lipinski definition) is 8. The molecule has 252 valence electrons. The van der Waals surface area contributed by atoms with Gasteiger partial charge in [0.25, 0.3) is 0 Å². The van der Waals surface area contributed by atoms with Crippen molar-refractivity contribution < 1.29 is 22.7 Å². The molecule has 0 spiro atoms. The van der Waals surface area contributed by atoms with E-state index in [-0.39, 0.29) is 37.5 Å². The summed E-state index contributed by atoms with van der Waals surface area (Å²) in [6, 6.07) is 12.3. The zero-order valence-corrected chi connectivity index (χ0v) is 27.5. The number of rotatable bonds is 10. The summed E-state index contributed by atoms with van der Waals surface area (Å²) < 4.78 is 47.2. The quantitative estimate of drug-likeness (QED) is 0.221. The number of nitrogens with zero attached hydrogens (tertiary/aromatic N) is 7. The van der Waals surface area contributed by atoms with Crippen LogP contribution in [0.25, 0.3) is 10.8 Å². The van der Waals surface area contributed by atoms with Crippen molar-refractivity contribution >= 4 is 39.8 Å². The number of benzene rings is 2. The fourth-order valence-corrected chi connectivity index (χ4v) is 6.97. The molecule has 13 heteroatoms. The normalized spacial score (nSPS) is 17.4. The van der Waals surface area contributed by atoms with Crippen LogP contribution in [0.4, 0.5) is 24.7 Å². The average Bonchev–Trinajstić information content (AvgIpc) is 3.05. The first-order valence-corrected chi connectivity index (χ1v) is 16.5. The minimum atomic E-state index is -4.35. The van der Waals surface area contributed by atoms with Crippen molar-refractivity contribution in [2.45, 2.75) is 63.8 Å². The number of halogens is 4. The van der Waals surface area contributed by atoms with Crippen LogP contribution in [-0.2, 0) is 17.8 Å². The highest BCUT2D eigenvalue weighted by Crippen LogP contribution is 2.38. The molecule has 1 aliphatic carbocycles. The lowest BCUT2D eigenvalue weighted by molar-refractivity contribution is -0.189. The highest BCUT2D eigenvalue weighted by Gasteiger charge is 2.43. The maximum Gasteiger partial charge on any atom is 0.403 e. The van der Waals surface area contributed by atoms with Crippen LogP contribution in [0.3, 0.4) is 0 Å². The molecule has 48 heavy (non-hydrogen) atoms. The molecule has 2 aromatic carbocycles. The van der Waals surface area contributed by atoms with E-state index in [1.165, 1.54) is 22.8 Å². The summed E-state index contributed by atoms with van der Waals surface area (Å²) in [5, 5.41) is 12.1. The Kier molecular flexibility index (Phi) is 9.80. The Labute approximate surface area is 282 Å². The fraction of sp³-hybridized carbons (Fsp3) is 0.429. The van der Waals surface area contributed by atoms with Gasteiger partial charge in [-0.3, -0.25) is 9.69 Å². The van der Waals surface area contributed by atoms with Crippen molar-refractivity contribution in [1.29, 1.82) is 5.26 Å². The first kappa shape index (κ1) is 33.6. The lowest BCUT2D eigenvalue weighted by Gasteiger charge is -2.41. The molecular formula is C35H37ClF3N7O2. The van der Waals surface area contributed by atoms with Crippen molar-refractivity contribution in [3.05, 3.63) is 77.2 Å². The average molecular weight is 680 g/mol. The van der Waals surface area contributed by atoms with Crippen molar-refractivity contribution in [3.8, 4) is 12.1 Å². The van der Waals surface area contributed by atoms with E-state index in [0.717, 1.165) is 47.0 Å². The van der Waals surface area contributed by atoms with Gasteiger partial charge in [0.1, 0.15) is 18.5 Å². The van der Waals surface area contributed by atoms with E-state index < -0.39 is 12.2 Å². The number of ether oxygens (including phenoxy) is 1. The number of alkyl halides is 3. The molecule has 1 saturated carbocycles. The van der Waals surface area contributed by atoms with Gasteiger partial charge in [0.15, 0.2) is 0 Å². The third-order valence-corrected chi connectivity index (χ3v) is 9.79. The minimum Gasteiger partial charge on any atom is -0.462 e. The Hall–Kier alpha value is -4.34. The topological polar surface area (TPSA) is 88.8 Å². The maximum absolute atomic E-state index is 13.7. The summed E-state index contributed by atoms with van der Waals surface area (Å²) in [4.78, 5) is 29.2. The number of amides is 1. The SMILES string of the molecule is C=CC(=O)N1CCN(c2nc(OCCN(C3CCC3)[C@@H](C)C(F)(F)F)nc3c2CCN(c2cccc4cccc(Cl)c24)C3)C=C1CC#N. The Morgan fingerprint density at radius 1 is 1.21 bits per heavy atom. The molecule has 0 unspecified atom stereocenters. The van der Waals surface area contributed by atoms with Crippen LogP contribution in [0.2, 0.25) is 5.02 Å². The third-order valence-electron chi connectivity index (χ3n) is 9.48. The van der Waals surface area contributed by atoms with E-state index in [1.807, 2.05) is 41.3 Å². The third kappa shape index (κ3) is 6.80. The number of nitriles is 1. The number of fused-ring (bicyclic) bond motifs is 2. The van der Waals surface area contributed by atoms with Crippen LogP contribution in [-0.4, -0.2) is 76.7 Å². The Bertz CT molecular complexity index is 1770. The molecule has 3 heterocycles. The molecule has 1 aromatic heterocycles. The van der Waals surface area contributed by atoms with E-state index in [4.69, 9.17) is 26.3 Å². The van der Waals surface area contributed by atoms with Gasteiger partial charge in [-0.1, -0.05) is 48.9 Å². The fourth-order valence-electron chi connectivity index (χ4n) is 6.69. The molecule has 1 fully saturated rings. The largest absolute Gasteiger partial charge is 0.462 e. The number of carbonyl (C=O) groups is 1. The van der Waals surface area contributed by atoms with E-state index >= 15 is 0 Å². The standard InChI is InChI=1S/C35H37ClF3N7O2/c1-3-31(47)46-18-17-44(21-26(46)13-15-40)33-27-14-16-43(30-12-5-8-24-7-4-11-28(36)32(24)30)22-29(27)41-34(42-33)48-20-19-45(25-9-6-10-25)23(2)35(37,38)39/h3-5,7-8,11-12,21,23,25H,1,6,9-10,13-14,16-20,22H2,2H3/t23-/m0/s1. The van der Waals surface area contributed by atoms with Gasteiger partial charge in [0, 0.05) is 55.1 Å². The maximum atomic E-state index is 13.7. The molecule has 1 amide bonds. The highest BCUT2D eigenvalue weighted by atomic mass is 35.5. The molecule has 0 saturated heterocycles. The van der Waals surface area contributed by atoms with Gasteiger partial charge in [-0.05, 0) is 49.8 Å². The van der Waals surface area contributed by atoms with Gasteiger partial charge in [-0.2, -0.15) is 28.4 Å². The number of aromatic nitrogens is 2. The van der Waals surface area contributed by atoms with E-state index in [1.54, 1.807) is 6.20 Å². The van der Waals surface area contributed by atoms with Gasteiger partial charge >= 0.3 is 12.2 Å². The van der Waals surface area contributed by atoms with Gasteiger partial charge in [-0.15, -0.1) is 0 Å². The molecule has 6 rings (SSSR count). The van der Waals surface area contributed by atoms with Crippen LogP contribution in [0.15, 0.2) is 61.0 Å². The van der Waals surface area contributed by atoms with Crippen molar-refractivity contribution in [1.82, 2.24) is 19.8 Å². The van der Waals surface area contributed by atoms with Gasteiger partial charge in [-0.25, -0.2) is 0 Å². The van der Waals surface area contributed by atoms with Gasteiger partial charge in [0.2, 0.25) is 5.91 Å². The van der Waals surface area contributed by atoms with Gasteiger partial charge < -0.3 is 19.4 Å². The Morgan fingerprint density at radius 2 is 1.98 bits per heavy atom. The number of carbonyl (C=O) groups excluding carboxylic acids is 1. The zero-order valence-electron chi connectivity index (χ0n) is 26.7. The van der Waals surface area contributed by atoms with Crippen LogP contribution in [0, 0.1) is 11.3 Å². The summed E-state index contributed by atoms with van der Waals surface area (Å²) in [6.45, 7) is 6.65. The predicted molar refractivity (Wildman–Crippen MR) is 179 cm³/mol. The summed E-state index contributed by atoms with van der Waals surface area (Å²) in [6.07, 6.45) is 1.60. The molecule has 2 aliphatic heterocycles. The first-order chi connectivity index (χ1) is 23.1. The van der Waals surface area contributed by atoms with Crippen molar-refractivity contribution in [3.63, 3.8) is 0 Å². The molecule has 3 aromatic rings. The first-order valence-electron chi connectivity index (χ1n) is 16.1. The monoisotopic (exact) mass is 679 g/mol. The Balaban J connectivity index is 1.33. The molecule has 3 aliphatic rings. The van der Waals surface area contributed by atoms with Crippen molar-refractivity contribution in [2.75, 3.05) is 42.6 Å². The second-order valence-electron chi connectivity index (χ2n) is 12.3. The summed E-state index contributed by atoms with van der Waals surface area (Å²) in [7, 11) is 0. The molecular weight excluding hydrogens is 643 g/mol. The van der Waals surface area contributed by atoms with E-state index in [2.05, 4.69) is 17.5 Å². The predicted octanol–water partition coefficient (Wildman–Crippen LogP) is 6.62. The lowest BCUT2D eigenvalue weighted by atomic mass is 9.90. The number of allylic oxidation sites excluding steroid dienone is 1. The summed E-state index contributed by atoms with van der Waals surface area (Å²) >= 11 is 6.67. The molecule has 0 bridgehead atoms. The highest BCUT2D eigenvalue weighted by molar-refractivity contribution is 6.36. The second kappa shape index (κ2) is 14.0. The summed E-state index contributed by atoms with van der Waals surface area (Å²) in [5.41, 5.74) is 3.12. The van der Waals surface area contributed by atoms with Crippen LogP contribution < -0.4 is 14.5 Å². The lowest BCUT2D eigenvalue weighted by Crippen LogP contribution is -2.52. The molecule has 9 nitrogen and oxygen atoms in total. The molecule has 0 N–H and O–H groups in total. The van der Waals surface area contributed by atoms with Crippen molar-refractivity contribution in [2.24, 2.45) is 0 Å². The van der Waals surface area contributed by atoms with Crippen LogP contribution in [0.5, 0.6) is 6.01 Å². The summed E-state index contributed by atoms with van der Waals surface area (Å²) in [5.74, 6) is 0.296. The number of anilines is 2.